The Bertz CT molecular complexity index is 961. The van der Waals surface area contributed by atoms with Gasteiger partial charge in [0, 0.05) is 0 Å². The number of aromatic nitrogens is 3. The zero-order valence-corrected chi connectivity index (χ0v) is 13.3. The normalized spacial score (nSPS) is 11.8. The highest BCUT2D eigenvalue weighted by molar-refractivity contribution is 7.90. The molecule has 0 spiro atoms. The summed E-state index contributed by atoms with van der Waals surface area (Å²) in [4.78, 5) is 0.196. The summed E-state index contributed by atoms with van der Waals surface area (Å²) in [6.45, 7) is 3.58. The minimum Gasteiger partial charge on any atom is -0.496 e. The van der Waals surface area contributed by atoms with Crippen molar-refractivity contribution < 1.29 is 13.2 Å². The lowest BCUT2D eigenvalue weighted by molar-refractivity contribution is 0.410. The van der Waals surface area contributed by atoms with E-state index in [0.29, 0.717) is 22.3 Å². The predicted octanol–water partition coefficient (Wildman–Crippen LogP) is 2.29. The molecule has 3 aromatic rings. The molecule has 0 radical (unpaired) electrons. The smallest absolute Gasteiger partial charge is 0.285 e. The van der Waals surface area contributed by atoms with E-state index in [1.165, 1.54) is 6.07 Å². The van der Waals surface area contributed by atoms with Crippen LogP contribution in [-0.2, 0) is 10.0 Å². The summed E-state index contributed by atoms with van der Waals surface area (Å²) in [5.74, 6) is 0.653. The zero-order valence-electron chi connectivity index (χ0n) is 12.4. The Labute approximate surface area is 128 Å². The van der Waals surface area contributed by atoms with Crippen molar-refractivity contribution in [1.82, 2.24) is 14.4 Å². The molecule has 3 rings (SSSR count). The molecule has 0 aliphatic rings. The lowest BCUT2D eigenvalue weighted by atomic mass is 10.1. The maximum atomic E-state index is 12.9. The van der Waals surface area contributed by atoms with Crippen LogP contribution in [0.5, 0.6) is 5.75 Å². The topological polar surface area (TPSA) is 74.1 Å². The van der Waals surface area contributed by atoms with Crippen molar-refractivity contribution in [2.24, 2.45) is 0 Å². The standard InChI is InChI=1S/C15H15N3O3S/c1-10-11(2)15(9-8-14(10)21-3)22(19,20)18-13-7-5-4-6-12(13)16-17-18/h4-9H,1-3H3. The molecular formula is C15H15N3O3S. The summed E-state index contributed by atoms with van der Waals surface area (Å²) < 4.78 is 32.0. The molecule has 0 amide bonds. The molecule has 0 bridgehead atoms. The molecule has 22 heavy (non-hydrogen) atoms. The van der Waals surface area contributed by atoms with E-state index in [9.17, 15) is 8.42 Å². The lowest BCUT2D eigenvalue weighted by Gasteiger charge is -2.13. The second-order valence-electron chi connectivity index (χ2n) is 4.94. The number of fused-ring (bicyclic) bond motifs is 1. The molecule has 0 saturated carbocycles. The molecule has 0 aliphatic carbocycles. The highest BCUT2D eigenvalue weighted by atomic mass is 32.2. The van der Waals surface area contributed by atoms with Crippen LogP contribution >= 0.6 is 0 Å². The Kier molecular flexibility index (Phi) is 3.37. The van der Waals surface area contributed by atoms with Gasteiger partial charge in [-0.15, -0.1) is 9.19 Å². The first-order chi connectivity index (χ1) is 10.5. The van der Waals surface area contributed by atoms with Gasteiger partial charge in [-0.05, 0) is 49.2 Å². The van der Waals surface area contributed by atoms with Gasteiger partial charge in [0.15, 0.2) is 0 Å². The Morgan fingerprint density at radius 2 is 1.77 bits per heavy atom. The lowest BCUT2D eigenvalue weighted by Crippen LogP contribution is -2.16. The Balaban J connectivity index is 2.25. The van der Waals surface area contributed by atoms with Gasteiger partial charge in [-0.3, -0.25) is 0 Å². The zero-order chi connectivity index (χ0) is 15.9. The van der Waals surface area contributed by atoms with Crippen molar-refractivity contribution in [3.63, 3.8) is 0 Å². The van der Waals surface area contributed by atoms with Gasteiger partial charge in [0.2, 0.25) is 0 Å². The van der Waals surface area contributed by atoms with Crippen molar-refractivity contribution in [2.75, 3.05) is 7.11 Å². The van der Waals surface area contributed by atoms with Gasteiger partial charge in [0.05, 0.1) is 12.0 Å². The SMILES string of the molecule is COc1ccc(S(=O)(=O)n2nnc3ccccc32)c(C)c1C. The van der Waals surface area contributed by atoms with Crippen molar-refractivity contribution in [2.45, 2.75) is 18.7 Å². The van der Waals surface area contributed by atoms with Crippen molar-refractivity contribution >= 4 is 21.1 Å². The van der Waals surface area contributed by atoms with Crippen LogP contribution in [0.1, 0.15) is 11.1 Å². The molecule has 2 aromatic carbocycles. The molecule has 0 aliphatic heterocycles. The molecule has 6 nitrogen and oxygen atoms in total. The molecule has 0 N–H and O–H groups in total. The van der Waals surface area contributed by atoms with Crippen LogP contribution in [0.3, 0.4) is 0 Å². The third-order valence-electron chi connectivity index (χ3n) is 3.73. The largest absolute Gasteiger partial charge is 0.496 e. The van der Waals surface area contributed by atoms with Crippen LogP contribution in [0.15, 0.2) is 41.3 Å². The van der Waals surface area contributed by atoms with E-state index in [4.69, 9.17) is 4.74 Å². The average molecular weight is 317 g/mol. The highest BCUT2D eigenvalue weighted by Crippen LogP contribution is 2.28. The second kappa shape index (κ2) is 5.10. The second-order valence-corrected chi connectivity index (χ2v) is 6.68. The molecule has 114 valence electrons. The minimum atomic E-state index is -3.81. The van der Waals surface area contributed by atoms with E-state index >= 15 is 0 Å². The van der Waals surface area contributed by atoms with Gasteiger partial charge >= 0.3 is 0 Å². The van der Waals surface area contributed by atoms with E-state index in [1.807, 2.05) is 6.92 Å². The quantitative estimate of drug-likeness (QED) is 0.741. The maximum Gasteiger partial charge on any atom is 0.285 e. The molecule has 0 unspecified atom stereocenters. The van der Waals surface area contributed by atoms with Crippen LogP contribution in [0.4, 0.5) is 0 Å². The summed E-state index contributed by atoms with van der Waals surface area (Å²) in [7, 11) is -2.26. The van der Waals surface area contributed by atoms with Crippen LogP contribution < -0.4 is 4.74 Å². The summed E-state index contributed by atoms with van der Waals surface area (Å²) in [6.07, 6.45) is 0. The molecule has 7 heteroatoms. The molecule has 1 heterocycles. The number of para-hydroxylation sites is 1. The van der Waals surface area contributed by atoms with E-state index < -0.39 is 10.0 Å². The predicted molar refractivity (Wildman–Crippen MR) is 82.6 cm³/mol. The fourth-order valence-electron chi connectivity index (χ4n) is 2.39. The number of hydrogen-bond donors (Lipinski definition) is 0. The van der Waals surface area contributed by atoms with Crippen molar-refractivity contribution in [3.8, 4) is 5.75 Å². The Morgan fingerprint density at radius 3 is 2.50 bits per heavy atom. The number of benzene rings is 2. The van der Waals surface area contributed by atoms with Gasteiger partial charge in [0.1, 0.15) is 16.8 Å². The van der Waals surface area contributed by atoms with Gasteiger partial charge in [0.25, 0.3) is 10.0 Å². The van der Waals surface area contributed by atoms with Crippen LogP contribution in [-0.4, -0.2) is 29.9 Å². The molecule has 0 fully saturated rings. The number of hydrogen-bond acceptors (Lipinski definition) is 5. The molecule has 0 atom stereocenters. The molecular weight excluding hydrogens is 302 g/mol. The van der Waals surface area contributed by atoms with Gasteiger partial charge in [-0.2, -0.15) is 8.42 Å². The maximum absolute atomic E-state index is 12.9. The number of nitrogens with zero attached hydrogens (tertiary/aromatic N) is 3. The van der Waals surface area contributed by atoms with E-state index in [2.05, 4.69) is 10.3 Å². The summed E-state index contributed by atoms with van der Waals surface area (Å²) >= 11 is 0. The molecule has 1 aromatic heterocycles. The Hall–Kier alpha value is -2.41. The van der Waals surface area contributed by atoms with Crippen molar-refractivity contribution in [3.05, 3.63) is 47.5 Å². The highest BCUT2D eigenvalue weighted by Gasteiger charge is 2.24. The summed E-state index contributed by atoms with van der Waals surface area (Å²) in [6, 6.07) is 10.1. The van der Waals surface area contributed by atoms with E-state index in [-0.39, 0.29) is 4.90 Å². The fraction of sp³-hybridized carbons (Fsp3) is 0.200. The molecule has 0 saturated heterocycles. The van der Waals surface area contributed by atoms with Crippen molar-refractivity contribution in [1.29, 1.82) is 0 Å². The summed E-state index contributed by atoms with van der Waals surface area (Å²) in [5, 5.41) is 7.71. The number of ether oxygens (including phenoxy) is 1. The monoisotopic (exact) mass is 317 g/mol. The third kappa shape index (κ3) is 2.05. The van der Waals surface area contributed by atoms with Crippen LogP contribution in [0.25, 0.3) is 11.0 Å². The van der Waals surface area contributed by atoms with E-state index in [0.717, 1.165) is 9.65 Å². The van der Waals surface area contributed by atoms with E-state index in [1.54, 1.807) is 44.4 Å². The average Bonchev–Trinajstić information content (AvgIpc) is 2.94. The first-order valence-corrected chi connectivity index (χ1v) is 8.11. The first-order valence-electron chi connectivity index (χ1n) is 6.67. The fourth-order valence-corrected chi connectivity index (χ4v) is 3.90. The number of rotatable bonds is 3. The summed E-state index contributed by atoms with van der Waals surface area (Å²) in [5.41, 5.74) is 2.41. The third-order valence-corrected chi connectivity index (χ3v) is 5.46. The Morgan fingerprint density at radius 1 is 1.05 bits per heavy atom. The minimum absolute atomic E-state index is 0.196. The van der Waals surface area contributed by atoms with Crippen LogP contribution in [0, 0.1) is 13.8 Å². The first kappa shape index (κ1) is 14.5. The van der Waals surface area contributed by atoms with Gasteiger partial charge in [-0.1, -0.05) is 17.3 Å². The van der Waals surface area contributed by atoms with Crippen LogP contribution in [0.2, 0.25) is 0 Å². The van der Waals surface area contributed by atoms with Gasteiger partial charge in [-0.25, -0.2) is 0 Å². The number of methoxy groups -OCH3 is 1. The van der Waals surface area contributed by atoms with Gasteiger partial charge < -0.3 is 4.74 Å².